The minimum absolute atomic E-state index is 0.139. The van der Waals surface area contributed by atoms with Crippen molar-refractivity contribution in [3.05, 3.63) is 24.0 Å². The number of anilines is 1. The summed E-state index contributed by atoms with van der Waals surface area (Å²) in [5.41, 5.74) is 6.11. The number of halogens is 1. The zero-order valence-corrected chi connectivity index (χ0v) is 11.9. The van der Waals surface area contributed by atoms with E-state index >= 15 is 0 Å². The molecule has 1 saturated heterocycles. The Bertz CT molecular complexity index is 459. The number of carbonyl (C=O) groups is 1. The Kier molecular flexibility index (Phi) is 4.69. The van der Waals surface area contributed by atoms with E-state index in [1.54, 1.807) is 6.07 Å². The molecule has 0 aliphatic carbocycles. The van der Waals surface area contributed by atoms with E-state index in [2.05, 4.69) is 6.92 Å². The number of hydrogen-bond donors (Lipinski definition) is 1. The van der Waals surface area contributed by atoms with Gasteiger partial charge in [0, 0.05) is 23.7 Å². The largest absolute Gasteiger partial charge is 0.398 e. The van der Waals surface area contributed by atoms with Crippen LogP contribution in [-0.4, -0.2) is 29.6 Å². The van der Waals surface area contributed by atoms with E-state index in [0.717, 1.165) is 30.8 Å². The Balaban J connectivity index is 1.86. The molecule has 1 amide bonds. The van der Waals surface area contributed by atoms with E-state index in [0.29, 0.717) is 17.4 Å². The first-order valence-corrected chi connectivity index (χ1v) is 7.50. The maximum absolute atomic E-state index is 12.9. The Hall–Kier alpha value is -1.23. The number of nitrogens with two attached hydrogens (primary N) is 1. The maximum atomic E-state index is 12.9. The second kappa shape index (κ2) is 6.28. The van der Waals surface area contributed by atoms with Crippen LogP contribution in [0.1, 0.15) is 19.8 Å². The minimum Gasteiger partial charge on any atom is -0.398 e. The molecular formula is C14H19FN2OS. The topological polar surface area (TPSA) is 46.3 Å². The molecule has 0 spiro atoms. The number of piperidine rings is 1. The lowest BCUT2D eigenvalue weighted by Gasteiger charge is -2.30. The lowest BCUT2D eigenvalue weighted by Crippen LogP contribution is -2.38. The zero-order chi connectivity index (χ0) is 13.8. The molecular weight excluding hydrogens is 263 g/mol. The molecule has 0 atom stereocenters. The Morgan fingerprint density at radius 1 is 1.47 bits per heavy atom. The fraction of sp³-hybridized carbons (Fsp3) is 0.500. The number of thioether (sulfide) groups is 1. The highest BCUT2D eigenvalue weighted by Gasteiger charge is 2.20. The second-order valence-corrected chi connectivity index (χ2v) is 6.05. The summed E-state index contributed by atoms with van der Waals surface area (Å²) in [6, 6.07) is 4.28. The first-order valence-electron chi connectivity index (χ1n) is 6.52. The van der Waals surface area contributed by atoms with Crippen molar-refractivity contribution in [2.24, 2.45) is 5.92 Å². The van der Waals surface area contributed by atoms with Crippen LogP contribution in [0.4, 0.5) is 10.1 Å². The van der Waals surface area contributed by atoms with E-state index in [4.69, 9.17) is 5.73 Å². The molecule has 0 unspecified atom stereocenters. The van der Waals surface area contributed by atoms with Crippen molar-refractivity contribution in [3.63, 3.8) is 0 Å². The summed E-state index contributed by atoms with van der Waals surface area (Å²) >= 11 is 1.38. The number of rotatable bonds is 3. The van der Waals surface area contributed by atoms with Gasteiger partial charge in [0.05, 0.1) is 5.75 Å². The molecule has 2 N–H and O–H groups in total. The third kappa shape index (κ3) is 3.86. The maximum Gasteiger partial charge on any atom is 0.232 e. The van der Waals surface area contributed by atoms with Crippen LogP contribution in [0.3, 0.4) is 0 Å². The predicted molar refractivity (Wildman–Crippen MR) is 76.5 cm³/mol. The first-order chi connectivity index (χ1) is 9.06. The Labute approximate surface area is 117 Å². The molecule has 1 heterocycles. The first kappa shape index (κ1) is 14.2. The number of likely N-dealkylation sites (tertiary alicyclic amines) is 1. The lowest BCUT2D eigenvalue weighted by molar-refractivity contribution is -0.129. The van der Waals surface area contributed by atoms with Crippen LogP contribution >= 0.6 is 11.8 Å². The molecule has 2 rings (SSSR count). The highest BCUT2D eigenvalue weighted by atomic mass is 32.2. The third-order valence-corrected chi connectivity index (χ3v) is 4.53. The standard InChI is InChI=1S/C14H19FN2OS/c1-10-4-6-17(7-5-10)14(18)9-19-13-3-2-11(15)8-12(13)16/h2-3,8,10H,4-7,9,16H2,1H3. The summed E-state index contributed by atoms with van der Waals surface area (Å²) < 4.78 is 12.9. The van der Waals surface area contributed by atoms with Gasteiger partial charge < -0.3 is 10.6 Å². The monoisotopic (exact) mass is 282 g/mol. The van der Waals surface area contributed by atoms with Crippen LogP contribution in [0.5, 0.6) is 0 Å². The van der Waals surface area contributed by atoms with Gasteiger partial charge in [-0.3, -0.25) is 4.79 Å². The molecule has 5 heteroatoms. The second-order valence-electron chi connectivity index (χ2n) is 5.03. The van der Waals surface area contributed by atoms with Crippen LogP contribution in [-0.2, 0) is 4.79 Å². The fourth-order valence-corrected chi connectivity index (χ4v) is 2.99. The average Bonchev–Trinajstić information content (AvgIpc) is 2.38. The predicted octanol–water partition coefficient (Wildman–Crippen LogP) is 2.76. The van der Waals surface area contributed by atoms with E-state index in [-0.39, 0.29) is 11.7 Å². The number of hydrogen-bond acceptors (Lipinski definition) is 3. The molecule has 1 aliphatic rings. The number of nitrogens with zero attached hydrogens (tertiary/aromatic N) is 1. The smallest absolute Gasteiger partial charge is 0.232 e. The van der Waals surface area contributed by atoms with Gasteiger partial charge in [0.15, 0.2) is 0 Å². The van der Waals surface area contributed by atoms with Crippen LogP contribution in [0.2, 0.25) is 0 Å². The SMILES string of the molecule is CC1CCN(C(=O)CSc2ccc(F)cc2N)CC1. The highest BCUT2D eigenvalue weighted by molar-refractivity contribution is 8.00. The van der Waals surface area contributed by atoms with Gasteiger partial charge in [-0.2, -0.15) is 0 Å². The molecule has 1 fully saturated rings. The Morgan fingerprint density at radius 2 is 2.16 bits per heavy atom. The van der Waals surface area contributed by atoms with Gasteiger partial charge in [-0.25, -0.2) is 4.39 Å². The van der Waals surface area contributed by atoms with Gasteiger partial charge in [0.1, 0.15) is 5.82 Å². The summed E-state index contributed by atoms with van der Waals surface area (Å²) in [5.74, 6) is 0.868. The molecule has 19 heavy (non-hydrogen) atoms. The lowest BCUT2D eigenvalue weighted by atomic mass is 9.99. The van der Waals surface area contributed by atoms with Crippen LogP contribution < -0.4 is 5.73 Å². The summed E-state index contributed by atoms with van der Waals surface area (Å²) in [4.78, 5) is 14.7. The van der Waals surface area contributed by atoms with E-state index in [1.165, 1.54) is 23.9 Å². The minimum atomic E-state index is -0.349. The van der Waals surface area contributed by atoms with E-state index in [9.17, 15) is 9.18 Å². The van der Waals surface area contributed by atoms with Crippen molar-refractivity contribution in [1.29, 1.82) is 0 Å². The summed E-state index contributed by atoms with van der Waals surface area (Å²) in [7, 11) is 0. The van der Waals surface area contributed by atoms with Crippen molar-refractivity contribution in [1.82, 2.24) is 4.90 Å². The number of amides is 1. The summed E-state index contributed by atoms with van der Waals surface area (Å²) in [6.07, 6.45) is 2.16. The van der Waals surface area contributed by atoms with Crippen molar-refractivity contribution < 1.29 is 9.18 Å². The zero-order valence-electron chi connectivity index (χ0n) is 11.1. The number of carbonyl (C=O) groups excluding carboxylic acids is 1. The number of benzene rings is 1. The van der Waals surface area contributed by atoms with Crippen molar-refractivity contribution in [3.8, 4) is 0 Å². The van der Waals surface area contributed by atoms with Crippen LogP contribution in [0, 0.1) is 11.7 Å². The average molecular weight is 282 g/mol. The van der Waals surface area contributed by atoms with Gasteiger partial charge in [0.2, 0.25) is 5.91 Å². The molecule has 104 valence electrons. The van der Waals surface area contributed by atoms with Gasteiger partial charge in [-0.15, -0.1) is 11.8 Å². The van der Waals surface area contributed by atoms with Crippen LogP contribution in [0.15, 0.2) is 23.1 Å². The fourth-order valence-electron chi connectivity index (χ4n) is 2.14. The molecule has 3 nitrogen and oxygen atoms in total. The van der Waals surface area contributed by atoms with Gasteiger partial charge in [0.25, 0.3) is 0 Å². The summed E-state index contributed by atoms with van der Waals surface area (Å²) in [5, 5.41) is 0. The number of nitrogen functional groups attached to an aromatic ring is 1. The quantitative estimate of drug-likeness (QED) is 0.685. The molecule has 0 bridgehead atoms. The molecule has 0 aromatic heterocycles. The van der Waals surface area contributed by atoms with Crippen molar-refractivity contribution >= 4 is 23.4 Å². The summed E-state index contributed by atoms with van der Waals surface area (Å²) in [6.45, 7) is 3.91. The van der Waals surface area contributed by atoms with Crippen molar-refractivity contribution in [2.45, 2.75) is 24.7 Å². The third-order valence-electron chi connectivity index (χ3n) is 3.46. The molecule has 1 aromatic carbocycles. The Morgan fingerprint density at radius 3 is 2.79 bits per heavy atom. The molecule has 1 aliphatic heterocycles. The normalized spacial score (nSPS) is 16.6. The highest BCUT2D eigenvalue weighted by Crippen LogP contribution is 2.26. The van der Waals surface area contributed by atoms with E-state index < -0.39 is 0 Å². The van der Waals surface area contributed by atoms with Gasteiger partial charge >= 0.3 is 0 Å². The van der Waals surface area contributed by atoms with Crippen molar-refractivity contribution in [2.75, 3.05) is 24.6 Å². The van der Waals surface area contributed by atoms with Gasteiger partial charge in [-0.1, -0.05) is 6.92 Å². The molecule has 0 saturated carbocycles. The van der Waals surface area contributed by atoms with Gasteiger partial charge in [-0.05, 0) is 37.0 Å². The van der Waals surface area contributed by atoms with Crippen LogP contribution in [0.25, 0.3) is 0 Å². The molecule has 0 radical (unpaired) electrons. The van der Waals surface area contributed by atoms with E-state index in [1.807, 2.05) is 4.90 Å². The molecule has 1 aromatic rings.